The number of anilines is 1. The maximum absolute atomic E-state index is 13.8. The molecule has 3 rings (SSSR count). The lowest BCUT2D eigenvalue weighted by Crippen LogP contribution is -2.18. The highest BCUT2D eigenvalue weighted by Crippen LogP contribution is 2.25. The minimum Gasteiger partial charge on any atom is -0.326 e. The van der Waals surface area contributed by atoms with Gasteiger partial charge in [-0.05, 0) is 30.3 Å². The van der Waals surface area contributed by atoms with Crippen LogP contribution in [0.1, 0.15) is 5.56 Å². The largest absolute Gasteiger partial charge is 0.326 e. The smallest absolute Gasteiger partial charge is 0.240 e. The van der Waals surface area contributed by atoms with Crippen molar-refractivity contribution in [3.05, 3.63) is 70.2 Å². The van der Waals surface area contributed by atoms with Gasteiger partial charge in [0, 0.05) is 22.5 Å². The van der Waals surface area contributed by atoms with E-state index in [1.54, 1.807) is 0 Å². The summed E-state index contributed by atoms with van der Waals surface area (Å²) in [6.45, 7) is 0. The SMILES string of the molecule is NS(=O)(=O)c1cc(NC(=O)Cc2c(F)cccc2Cl)ccc1-n1cc(Cl)cn1. The number of nitrogens with one attached hydrogen (secondary N) is 1. The lowest BCUT2D eigenvalue weighted by atomic mass is 10.1. The molecule has 0 unspecified atom stereocenters. The molecule has 2 aromatic carbocycles. The van der Waals surface area contributed by atoms with Crippen molar-refractivity contribution in [2.45, 2.75) is 11.3 Å². The van der Waals surface area contributed by atoms with Gasteiger partial charge < -0.3 is 5.32 Å². The van der Waals surface area contributed by atoms with Gasteiger partial charge >= 0.3 is 0 Å². The maximum atomic E-state index is 13.8. The first kappa shape index (κ1) is 20.3. The molecule has 0 atom stereocenters. The molecule has 1 heterocycles. The van der Waals surface area contributed by atoms with Crippen LogP contribution in [-0.4, -0.2) is 24.1 Å². The van der Waals surface area contributed by atoms with Crippen molar-refractivity contribution < 1.29 is 17.6 Å². The Balaban J connectivity index is 1.90. The fraction of sp³-hybridized carbons (Fsp3) is 0.0588. The van der Waals surface area contributed by atoms with E-state index < -0.39 is 21.7 Å². The zero-order valence-electron chi connectivity index (χ0n) is 14.1. The van der Waals surface area contributed by atoms with Gasteiger partial charge in [-0.3, -0.25) is 4.79 Å². The Hall–Kier alpha value is -2.46. The van der Waals surface area contributed by atoms with Gasteiger partial charge in [0.15, 0.2) is 0 Å². The number of carbonyl (C=O) groups excluding carboxylic acids is 1. The second kappa shape index (κ2) is 7.88. The highest BCUT2D eigenvalue weighted by molar-refractivity contribution is 7.89. The number of rotatable bonds is 5. The van der Waals surface area contributed by atoms with E-state index in [9.17, 15) is 17.6 Å². The fourth-order valence-electron chi connectivity index (χ4n) is 2.51. The highest BCUT2D eigenvalue weighted by atomic mass is 35.5. The van der Waals surface area contributed by atoms with Crippen LogP contribution >= 0.6 is 23.2 Å². The summed E-state index contributed by atoms with van der Waals surface area (Å²) in [4.78, 5) is 12.0. The molecule has 11 heteroatoms. The van der Waals surface area contributed by atoms with Gasteiger partial charge in [0.1, 0.15) is 10.7 Å². The van der Waals surface area contributed by atoms with Crippen LogP contribution in [0.4, 0.5) is 10.1 Å². The van der Waals surface area contributed by atoms with Crippen LogP contribution in [0.15, 0.2) is 53.7 Å². The summed E-state index contributed by atoms with van der Waals surface area (Å²) < 4.78 is 39.0. The number of aromatic nitrogens is 2. The summed E-state index contributed by atoms with van der Waals surface area (Å²) in [5, 5.41) is 12.2. The molecule has 7 nitrogen and oxygen atoms in total. The zero-order valence-corrected chi connectivity index (χ0v) is 16.4. The topological polar surface area (TPSA) is 107 Å². The summed E-state index contributed by atoms with van der Waals surface area (Å²) >= 11 is 11.7. The predicted molar refractivity (Wildman–Crippen MR) is 104 cm³/mol. The average molecular weight is 443 g/mol. The van der Waals surface area contributed by atoms with Crippen molar-refractivity contribution in [3.63, 3.8) is 0 Å². The first-order valence-corrected chi connectivity index (χ1v) is 10.1. The van der Waals surface area contributed by atoms with Crippen LogP contribution in [0.3, 0.4) is 0 Å². The number of hydrogen-bond donors (Lipinski definition) is 2. The average Bonchev–Trinajstić information content (AvgIpc) is 3.04. The Labute approximate surface area is 169 Å². The summed E-state index contributed by atoms with van der Waals surface area (Å²) in [7, 11) is -4.14. The molecule has 1 amide bonds. The molecule has 28 heavy (non-hydrogen) atoms. The molecule has 0 aliphatic heterocycles. The van der Waals surface area contributed by atoms with E-state index in [0.717, 1.165) is 0 Å². The third kappa shape index (κ3) is 4.50. The van der Waals surface area contributed by atoms with E-state index in [1.807, 2.05) is 0 Å². The zero-order chi connectivity index (χ0) is 20.5. The Bertz CT molecular complexity index is 1140. The van der Waals surface area contributed by atoms with E-state index in [-0.39, 0.29) is 33.3 Å². The van der Waals surface area contributed by atoms with Gasteiger partial charge in [-0.2, -0.15) is 5.10 Å². The molecule has 0 fully saturated rings. The molecular formula is C17H13Cl2FN4O3S. The minimum atomic E-state index is -4.14. The Kier molecular flexibility index (Phi) is 5.71. The third-order valence-electron chi connectivity index (χ3n) is 3.75. The molecule has 0 saturated heterocycles. The van der Waals surface area contributed by atoms with Gasteiger partial charge in [-0.25, -0.2) is 22.6 Å². The molecule has 0 aliphatic rings. The van der Waals surface area contributed by atoms with E-state index in [1.165, 1.54) is 53.5 Å². The number of benzene rings is 2. The lowest BCUT2D eigenvalue weighted by Gasteiger charge is -2.12. The Morgan fingerprint density at radius 1 is 1.25 bits per heavy atom. The van der Waals surface area contributed by atoms with Crippen molar-refractivity contribution in [2.24, 2.45) is 5.14 Å². The fourth-order valence-corrected chi connectivity index (χ4v) is 3.62. The minimum absolute atomic E-state index is 0.0381. The molecular weight excluding hydrogens is 430 g/mol. The molecule has 3 N–H and O–H groups in total. The van der Waals surface area contributed by atoms with Gasteiger partial charge in [0.05, 0.1) is 23.3 Å². The number of halogens is 3. The summed E-state index contributed by atoms with van der Waals surface area (Å²) in [6.07, 6.45) is 2.42. The van der Waals surface area contributed by atoms with Crippen LogP contribution in [0.5, 0.6) is 0 Å². The third-order valence-corrected chi connectivity index (χ3v) is 5.24. The summed E-state index contributed by atoms with van der Waals surface area (Å²) in [6, 6.07) is 8.14. The van der Waals surface area contributed by atoms with Crippen LogP contribution in [0.25, 0.3) is 5.69 Å². The quantitative estimate of drug-likeness (QED) is 0.632. The van der Waals surface area contributed by atoms with Crippen molar-refractivity contribution in [2.75, 3.05) is 5.32 Å². The molecule has 0 saturated carbocycles. The normalized spacial score (nSPS) is 11.4. The monoisotopic (exact) mass is 442 g/mol. The highest BCUT2D eigenvalue weighted by Gasteiger charge is 2.18. The Morgan fingerprint density at radius 3 is 2.61 bits per heavy atom. The number of nitrogens with zero attached hydrogens (tertiary/aromatic N) is 2. The van der Waals surface area contributed by atoms with Gasteiger partial charge in [0.2, 0.25) is 15.9 Å². The van der Waals surface area contributed by atoms with Crippen LogP contribution < -0.4 is 10.5 Å². The van der Waals surface area contributed by atoms with Crippen molar-refractivity contribution in [1.82, 2.24) is 9.78 Å². The first-order chi connectivity index (χ1) is 13.1. The second-order valence-electron chi connectivity index (χ2n) is 5.76. The summed E-state index contributed by atoms with van der Waals surface area (Å²) in [5.74, 6) is -1.19. The van der Waals surface area contributed by atoms with Gasteiger partial charge in [-0.15, -0.1) is 0 Å². The van der Waals surface area contributed by atoms with Crippen molar-refractivity contribution >= 4 is 44.8 Å². The standard InChI is InChI=1S/C17H13Cl2FN4O3S/c18-10-8-22-24(9-10)15-5-4-11(6-16(15)28(21,26)27)23-17(25)7-12-13(19)2-1-3-14(12)20/h1-6,8-9H,7H2,(H,23,25)(H2,21,26,27). The van der Waals surface area contributed by atoms with E-state index in [0.29, 0.717) is 5.02 Å². The number of nitrogens with two attached hydrogens (primary N) is 1. The predicted octanol–water partition coefficient (Wildman–Crippen LogP) is 3.15. The van der Waals surface area contributed by atoms with E-state index in [2.05, 4.69) is 10.4 Å². The number of sulfonamides is 1. The van der Waals surface area contributed by atoms with E-state index in [4.69, 9.17) is 28.3 Å². The Morgan fingerprint density at radius 2 is 2.00 bits per heavy atom. The lowest BCUT2D eigenvalue weighted by molar-refractivity contribution is -0.115. The van der Waals surface area contributed by atoms with Crippen LogP contribution in [0.2, 0.25) is 10.0 Å². The molecule has 146 valence electrons. The summed E-state index contributed by atoms with van der Waals surface area (Å²) in [5.41, 5.74) is 0.351. The number of amides is 1. The molecule has 0 aliphatic carbocycles. The van der Waals surface area contributed by atoms with Crippen molar-refractivity contribution in [1.29, 1.82) is 0 Å². The first-order valence-electron chi connectivity index (χ1n) is 7.75. The molecule has 0 radical (unpaired) electrons. The number of hydrogen-bond acceptors (Lipinski definition) is 4. The molecule has 0 spiro atoms. The molecule has 3 aromatic rings. The maximum Gasteiger partial charge on any atom is 0.240 e. The van der Waals surface area contributed by atoms with E-state index >= 15 is 0 Å². The molecule has 0 bridgehead atoms. The van der Waals surface area contributed by atoms with Crippen molar-refractivity contribution in [3.8, 4) is 5.69 Å². The van der Waals surface area contributed by atoms with Crippen LogP contribution in [-0.2, 0) is 21.2 Å². The van der Waals surface area contributed by atoms with Crippen LogP contribution in [0, 0.1) is 5.82 Å². The number of primary sulfonamides is 1. The molecule has 1 aromatic heterocycles. The number of carbonyl (C=O) groups is 1. The van der Waals surface area contributed by atoms with Gasteiger partial charge in [0.25, 0.3) is 0 Å². The van der Waals surface area contributed by atoms with Gasteiger partial charge in [-0.1, -0.05) is 29.3 Å². The second-order valence-corrected chi connectivity index (χ2v) is 8.13.